The number of hydrogen-bond acceptors (Lipinski definition) is 3. The molecule has 0 unspecified atom stereocenters. The van der Waals surface area contributed by atoms with Crippen LogP contribution in [-0.2, 0) is 5.75 Å². The van der Waals surface area contributed by atoms with Gasteiger partial charge in [-0.05, 0) is 19.4 Å². The fourth-order valence-corrected chi connectivity index (χ4v) is 2.12. The van der Waals surface area contributed by atoms with Crippen molar-refractivity contribution in [2.45, 2.75) is 32.1 Å². The van der Waals surface area contributed by atoms with Gasteiger partial charge in [-0.3, -0.25) is 4.99 Å². The average Bonchev–Trinajstić information content (AvgIpc) is 2.36. The lowest BCUT2D eigenvalue weighted by atomic mass is 10.2. The van der Waals surface area contributed by atoms with Crippen LogP contribution in [-0.4, -0.2) is 18.3 Å². The zero-order chi connectivity index (χ0) is 12.7. The zero-order valence-corrected chi connectivity index (χ0v) is 11.5. The number of nitrogens with zero attached hydrogens (tertiary/aromatic N) is 1. The van der Waals surface area contributed by atoms with Gasteiger partial charge in [0.15, 0.2) is 5.17 Å². The van der Waals surface area contributed by atoms with Gasteiger partial charge in [0.1, 0.15) is 5.75 Å². The minimum absolute atomic E-state index is 0.292. The van der Waals surface area contributed by atoms with Crippen LogP contribution in [0.25, 0.3) is 0 Å². The number of hydrogen-bond donors (Lipinski definition) is 1. The fourth-order valence-electron chi connectivity index (χ4n) is 1.32. The average molecular weight is 252 g/mol. The van der Waals surface area contributed by atoms with Crippen molar-refractivity contribution in [3.8, 4) is 5.75 Å². The molecule has 0 saturated carbocycles. The van der Waals surface area contributed by atoms with Gasteiger partial charge in [-0.15, -0.1) is 0 Å². The summed E-state index contributed by atoms with van der Waals surface area (Å²) >= 11 is 1.55. The topological polar surface area (TPSA) is 47.6 Å². The summed E-state index contributed by atoms with van der Waals surface area (Å²) in [4.78, 5) is 4.38. The summed E-state index contributed by atoms with van der Waals surface area (Å²) in [6.07, 6.45) is 1.01. The lowest BCUT2D eigenvalue weighted by Gasteiger charge is -2.08. The van der Waals surface area contributed by atoms with E-state index in [1.807, 2.05) is 24.3 Å². The molecule has 0 amide bonds. The van der Waals surface area contributed by atoms with Crippen molar-refractivity contribution in [2.75, 3.05) is 7.11 Å². The second kappa shape index (κ2) is 7.22. The van der Waals surface area contributed by atoms with Crippen LogP contribution >= 0.6 is 11.8 Å². The molecule has 1 aromatic rings. The second-order valence-electron chi connectivity index (χ2n) is 3.83. The summed E-state index contributed by atoms with van der Waals surface area (Å²) < 4.78 is 5.29. The van der Waals surface area contributed by atoms with Crippen LogP contribution in [0, 0.1) is 0 Å². The molecular formula is C13H20N2OS. The monoisotopic (exact) mass is 252 g/mol. The molecule has 0 radical (unpaired) electrons. The van der Waals surface area contributed by atoms with Gasteiger partial charge in [-0.1, -0.05) is 36.9 Å². The molecule has 1 aromatic carbocycles. The molecular weight excluding hydrogens is 232 g/mol. The van der Waals surface area contributed by atoms with Gasteiger partial charge < -0.3 is 10.5 Å². The Bertz CT molecular complexity index is 379. The third kappa shape index (κ3) is 4.69. The van der Waals surface area contributed by atoms with E-state index in [1.54, 1.807) is 18.9 Å². The SMILES string of the molecule is CC[C@H](C)N=C(N)SCc1ccccc1OC. The number of methoxy groups -OCH3 is 1. The molecule has 1 rings (SSSR count). The molecule has 0 aromatic heterocycles. The highest BCUT2D eigenvalue weighted by atomic mass is 32.2. The van der Waals surface area contributed by atoms with Crippen LogP contribution in [0.3, 0.4) is 0 Å². The number of aliphatic imine (C=N–C) groups is 1. The van der Waals surface area contributed by atoms with Crippen molar-refractivity contribution in [2.24, 2.45) is 10.7 Å². The molecule has 0 fully saturated rings. The molecule has 0 spiro atoms. The van der Waals surface area contributed by atoms with Gasteiger partial charge in [0, 0.05) is 17.4 Å². The van der Waals surface area contributed by atoms with Crippen LogP contribution in [0.4, 0.5) is 0 Å². The summed E-state index contributed by atoms with van der Waals surface area (Å²) in [7, 11) is 1.68. The fraction of sp³-hybridized carbons (Fsp3) is 0.462. The Hall–Kier alpha value is -1.16. The highest BCUT2D eigenvalue weighted by Crippen LogP contribution is 2.22. The molecule has 2 N–H and O–H groups in total. The van der Waals surface area contributed by atoms with E-state index in [2.05, 4.69) is 18.8 Å². The van der Waals surface area contributed by atoms with Crippen LogP contribution in [0.2, 0.25) is 0 Å². The van der Waals surface area contributed by atoms with E-state index in [4.69, 9.17) is 10.5 Å². The minimum atomic E-state index is 0.292. The van der Waals surface area contributed by atoms with Crippen molar-refractivity contribution in [1.29, 1.82) is 0 Å². The molecule has 0 saturated heterocycles. The first-order chi connectivity index (χ1) is 8.17. The smallest absolute Gasteiger partial charge is 0.154 e. The van der Waals surface area contributed by atoms with Crippen molar-refractivity contribution >= 4 is 16.9 Å². The number of thioether (sulfide) groups is 1. The van der Waals surface area contributed by atoms with Crippen LogP contribution in [0.5, 0.6) is 5.75 Å². The van der Waals surface area contributed by atoms with E-state index in [0.717, 1.165) is 23.5 Å². The van der Waals surface area contributed by atoms with Gasteiger partial charge >= 0.3 is 0 Å². The van der Waals surface area contributed by atoms with E-state index in [1.165, 1.54) is 0 Å². The van der Waals surface area contributed by atoms with E-state index < -0.39 is 0 Å². The Morgan fingerprint density at radius 3 is 2.82 bits per heavy atom. The van der Waals surface area contributed by atoms with E-state index in [-0.39, 0.29) is 0 Å². The molecule has 0 aliphatic carbocycles. The number of amidine groups is 1. The maximum atomic E-state index is 5.86. The lowest BCUT2D eigenvalue weighted by molar-refractivity contribution is 0.411. The Morgan fingerprint density at radius 1 is 1.47 bits per heavy atom. The summed E-state index contributed by atoms with van der Waals surface area (Å²) in [6, 6.07) is 8.25. The Balaban J connectivity index is 2.58. The standard InChI is InChI=1S/C13H20N2OS/c1-4-10(2)15-13(14)17-9-11-7-5-6-8-12(11)16-3/h5-8,10H,4,9H2,1-3H3,(H2,14,15)/t10-/m0/s1. The second-order valence-corrected chi connectivity index (χ2v) is 4.82. The minimum Gasteiger partial charge on any atom is -0.496 e. The quantitative estimate of drug-likeness (QED) is 0.647. The molecule has 0 heterocycles. The Kier molecular flexibility index (Phi) is 5.91. The predicted octanol–water partition coefficient (Wildman–Crippen LogP) is 3.04. The maximum absolute atomic E-state index is 5.86. The number of nitrogens with two attached hydrogens (primary N) is 1. The highest BCUT2D eigenvalue weighted by Gasteiger charge is 2.04. The van der Waals surface area contributed by atoms with Gasteiger partial charge in [-0.2, -0.15) is 0 Å². The number of ether oxygens (including phenoxy) is 1. The summed E-state index contributed by atoms with van der Waals surface area (Å²) in [6.45, 7) is 4.17. The van der Waals surface area contributed by atoms with Gasteiger partial charge in [0.05, 0.1) is 7.11 Å². The zero-order valence-electron chi connectivity index (χ0n) is 10.6. The van der Waals surface area contributed by atoms with Crippen molar-refractivity contribution < 1.29 is 4.74 Å². The Morgan fingerprint density at radius 2 is 2.18 bits per heavy atom. The first-order valence-electron chi connectivity index (χ1n) is 5.75. The lowest BCUT2D eigenvalue weighted by Crippen LogP contribution is -2.11. The normalized spacial score (nSPS) is 13.5. The number of benzene rings is 1. The first kappa shape index (κ1) is 13.9. The maximum Gasteiger partial charge on any atom is 0.154 e. The summed E-state index contributed by atoms with van der Waals surface area (Å²) in [5.74, 6) is 1.69. The molecule has 94 valence electrons. The molecule has 4 heteroatoms. The van der Waals surface area contributed by atoms with Gasteiger partial charge in [-0.25, -0.2) is 0 Å². The van der Waals surface area contributed by atoms with Crippen molar-refractivity contribution in [1.82, 2.24) is 0 Å². The summed E-state index contributed by atoms with van der Waals surface area (Å²) in [5.41, 5.74) is 7.00. The summed E-state index contributed by atoms with van der Waals surface area (Å²) in [5, 5.41) is 0.644. The third-order valence-electron chi connectivity index (χ3n) is 2.51. The number of para-hydroxylation sites is 1. The van der Waals surface area contributed by atoms with Crippen molar-refractivity contribution in [3.05, 3.63) is 29.8 Å². The molecule has 0 aliphatic heterocycles. The third-order valence-corrected chi connectivity index (χ3v) is 3.36. The number of rotatable bonds is 5. The van der Waals surface area contributed by atoms with Crippen LogP contribution < -0.4 is 10.5 Å². The van der Waals surface area contributed by atoms with Gasteiger partial charge in [0.25, 0.3) is 0 Å². The molecule has 3 nitrogen and oxygen atoms in total. The molecule has 0 bridgehead atoms. The molecule has 1 atom stereocenters. The van der Waals surface area contributed by atoms with E-state index in [0.29, 0.717) is 11.2 Å². The van der Waals surface area contributed by atoms with Gasteiger partial charge in [0.2, 0.25) is 0 Å². The molecule has 17 heavy (non-hydrogen) atoms. The van der Waals surface area contributed by atoms with Crippen LogP contribution in [0.15, 0.2) is 29.3 Å². The Labute approximate surface area is 107 Å². The van der Waals surface area contributed by atoms with Crippen LogP contribution in [0.1, 0.15) is 25.8 Å². The molecule has 0 aliphatic rings. The largest absolute Gasteiger partial charge is 0.496 e. The highest BCUT2D eigenvalue weighted by molar-refractivity contribution is 8.13. The first-order valence-corrected chi connectivity index (χ1v) is 6.73. The van der Waals surface area contributed by atoms with Crippen molar-refractivity contribution in [3.63, 3.8) is 0 Å². The van der Waals surface area contributed by atoms with E-state index in [9.17, 15) is 0 Å². The van der Waals surface area contributed by atoms with E-state index >= 15 is 0 Å². The predicted molar refractivity (Wildman–Crippen MR) is 75.7 cm³/mol.